The third-order valence-electron chi connectivity index (χ3n) is 4.39. The molecule has 0 aliphatic carbocycles. The summed E-state index contributed by atoms with van der Waals surface area (Å²) in [5.74, 6) is -1.95. The molecule has 1 aliphatic rings. The first-order valence-corrected chi connectivity index (χ1v) is 8.34. The molecule has 2 heterocycles. The Morgan fingerprint density at radius 2 is 1.92 bits per heavy atom. The van der Waals surface area contributed by atoms with Gasteiger partial charge in [-0.25, -0.2) is 9.18 Å². The quantitative estimate of drug-likeness (QED) is 0.848. The molecule has 1 atom stereocenters. The lowest BCUT2D eigenvalue weighted by molar-refractivity contribution is -0.128. The molecule has 0 bridgehead atoms. The number of hydrogen-bond donors (Lipinski definition) is 2. The highest BCUT2D eigenvalue weighted by atomic mass is 19.1. The highest BCUT2D eigenvalue weighted by Crippen LogP contribution is 2.29. The van der Waals surface area contributed by atoms with Crippen molar-refractivity contribution in [3.05, 3.63) is 41.4 Å². The standard InChI is InChI=1S/C18H19FN2O5/c1-10(20-17(22)12-6-8-25-9-7-12)16-14(18(23)24)15(21-26-16)11-2-4-13(19)5-3-11/h2-5,10,12H,6-9H2,1H3,(H,20,22)(H,23,24)/t10-/m1/s1. The number of benzene rings is 1. The maximum Gasteiger partial charge on any atom is 0.341 e. The summed E-state index contributed by atoms with van der Waals surface area (Å²) >= 11 is 0. The molecule has 0 radical (unpaired) electrons. The average molecular weight is 362 g/mol. The van der Waals surface area contributed by atoms with Crippen LogP contribution in [-0.4, -0.2) is 35.4 Å². The van der Waals surface area contributed by atoms with E-state index in [2.05, 4.69) is 10.5 Å². The van der Waals surface area contributed by atoms with E-state index in [1.807, 2.05) is 0 Å². The second-order valence-corrected chi connectivity index (χ2v) is 6.20. The van der Waals surface area contributed by atoms with Crippen LogP contribution in [0.4, 0.5) is 4.39 Å². The van der Waals surface area contributed by atoms with E-state index in [-0.39, 0.29) is 28.8 Å². The van der Waals surface area contributed by atoms with Crippen molar-refractivity contribution in [2.24, 2.45) is 5.92 Å². The Morgan fingerprint density at radius 3 is 2.54 bits per heavy atom. The number of aromatic carboxylic acids is 1. The molecule has 8 heteroatoms. The van der Waals surface area contributed by atoms with E-state index in [1.54, 1.807) is 6.92 Å². The molecule has 138 valence electrons. The van der Waals surface area contributed by atoms with Crippen LogP contribution < -0.4 is 5.32 Å². The van der Waals surface area contributed by atoms with Crippen molar-refractivity contribution in [3.8, 4) is 11.3 Å². The number of amides is 1. The Morgan fingerprint density at radius 1 is 1.27 bits per heavy atom. The van der Waals surface area contributed by atoms with Crippen LogP contribution >= 0.6 is 0 Å². The van der Waals surface area contributed by atoms with E-state index >= 15 is 0 Å². The van der Waals surface area contributed by atoms with E-state index in [4.69, 9.17) is 9.26 Å². The Labute approximate surface area is 149 Å². The van der Waals surface area contributed by atoms with Crippen molar-refractivity contribution >= 4 is 11.9 Å². The number of carbonyl (C=O) groups is 2. The predicted octanol–water partition coefficient (Wildman–Crippen LogP) is 2.78. The van der Waals surface area contributed by atoms with Crippen molar-refractivity contribution in [1.29, 1.82) is 0 Å². The summed E-state index contributed by atoms with van der Waals surface area (Å²) in [6.07, 6.45) is 1.25. The molecule has 3 rings (SSSR count). The first kappa shape index (κ1) is 18.1. The fraction of sp³-hybridized carbons (Fsp3) is 0.389. The molecule has 2 N–H and O–H groups in total. The molecule has 0 spiro atoms. The van der Waals surface area contributed by atoms with Crippen molar-refractivity contribution < 1.29 is 28.3 Å². The van der Waals surface area contributed by atoms with Crippen LogP contribution in [-0.2, 0) is 9.53 Å². The lowest BCUT2D eigenvalue weighted by atomic mass is 9.98. The zero-order valence-corrected chi connectivity index (χ0v) is 14.2. The number of carboxylic acids is 1. The van der Waals surface area contributed by atoms with Gasteiger partial charge >= 0.3 is 5.97 Å². The predicted molar refractivity (Wildman–Crippen MR) is 89.0 cm³/mol. The normalized spacial score (nSPS) is 16.2. The molecule has 1 aromatic heterocycles. The number of nitrogens with one attached hydrogen (secondary N) is 1. The van der Waals surface area contributed by atoms with Crippen LogP contribution in [0, 0.1) is 11.7 Å². The van der Waals surface area contributed by atoms with Crippen LogP contribution in [0.15, 0.2) is 28.8 Å². The van der Waals surface area contributed by atoms with E-state index < -0.39 is 17.8 Å². The summed E-state index contributed by atoms with van der Waals surface area (Å²) in [5, 5.41) is 16.2. The van der Waals surface area contributed by atoms with Crippen LogP contribution in [0.5, 0.6) is 0 Å². The van der Waals surface area contributed by atoms with Crippen LogP contribution in [0.25, 0.3) is 11.3 Å². The minimum atomic E-state index is -1.23. The Bertz CT molecular complexity index is 796. The van der Waals surface area contributed by atoms with E-state index in [0.717, 1.165) is 0 Å². The molecule has 0 unspecified atom stereocenters. The molecule has 0 saturated carbocycles. The summed E-state index contributed by atoms with van der Waals surface area (Å²) in [4.78, 5) is 24.1. The zero-order valence-electron chi connectivity index (χ0n) is 14.2. The molecule has 1 aromatic carbocycles. The fourth-order valence-electron chi connectivity index (χ4n) is 2.97. The maximum atomic E-state index is 13.1. The highest BCUT2D eigenvalue weighted by molar-refractivity contribution is 5.96. The zero-order chi connectivity index (χ0) is 18.7. The molecule has 1 amide bonds. The molecule has 1 fully saturated rings. The summed E-state index contributed by atoms with van der Waals surface area (Å²) in [5.41, 5.74) is 0.373. The molecule has 1 saturated heterocycles. The van der Waals surface area contributed by atoms with Gasteiger partial charge in [0.1, 0.15) is 17.1 Å². The van der Waals surface area contributed by atoms with Gasteiger partial charge in [0.15, 0.2) is 5.76 Å². The molecular weight excluding hydrogens is 343 g/mol. The van der Waals surface area contributed by atoms with Gasteiger partial charge in [0, 0.05) is 24.7 Å². The second kappa shape index (κ2) is 7.65. The van der Waals surface area contributed by atoms with Crippen LogP contribution in [0.1, 0.15) is 41.9 Å². The minimum absolute atomic E-state index is 0.0530. The number of aromatic nitrogens is 1. The number of carboxylic acid groups (broad SMARTS) is 1. The molecular formula is C18H19FN2O5. The van der Waals surface area contributed by atoms with Gasteiger partial charge in [-0.05, 0) is 44.0 Å². The first-order chi connectivity index (χ1) is 12.5. The van der Waals surface area contributed by atoms with Crippen molar-refractivity contribution in [2.75, 3.05) is 13.2 Å². The Hall–Kier alpha value is -2.74. The summed E-state index contributed by atoms with van der Waals surface area (Å²) in [6.45, 7) is 2.70. The molecule has 1 aliphatic heterocycles. The van der Waals surface area contributed by atoms with Crippen molar-refractivity contribution in [2.45, 2.75) is 25.8 Å². The van der Waals surface area contributed by atoms with E-state index in [0.29, 0.717) is 31.6 Å². The van der Waals surface area contributed by atoms with Gasteiger partial charge in [-0.2, -0.15) is 0 Å². The lowest BCUT2D eigenvalue weighted by Gasteiger charge is -2.22. The van der Waals surface area contributed by atoms with Gasteiger partial charge in [-0.3, -0.25) is 4.79 Å². The lowest BCUT2D eigenvalue weighted by Crippen LogP contribution is -2.36. The summed E-state index contributed by atoms with van der Waals surface area (Å²) in [7, 11) is 0. The largest absolute Gasteiger partial charge is 0.477 e. The number of nitrogens with zero attached hydrogens (tertiary/aromatic N) is 1. The number of rotatable bonds is 5. The van der Waals surface area contributed by atoms with Gasteiger partial charge in [0.2, 0.25) is 5.91 Å². The minimum Gasteiger partial charge on any atom is -0.477 e. The SMILES string of the molecule is C[C@@H](NC(=O)C1CCOCC1)c1onc(-c2ccc(F)cc2)c1C(=O)O. The van der Waals surface area contributed by atoms with Gasteiger partial charge in [0.05, 0.1) is 6.04 Å². The third kappa shape index (κ3) is 3.75. The molecule has 2 aromatic rings. The van der Waals surface area contributed by atoms with Crippen LogP contribution in [0.2, 0.25) is 0 Å². The molecule has 7 nitrogen and oxygen atoms in total. The van der Waals surface area contributed by atoms with Gasteiger partial charge in [0.25, 0.3) is 0 Å². The number of carbonyl (C=O) groups excluding carboxylic acids is 1. The second-order valence-electron chi connectivity index (χ2n) is 6.20. The van der Waals surface area contributed by atoms with Crippen LogP contribution in [0.3, 0.4) is 0 Å². The Balaban J connectivity index is 1.84. The van der Waals surface area contributed by atoms with E-state index in [1.165, 1.54) is 24.3 Å². The number of hydrogen-bond acceptors (Lipinski definition) is 5. The van der Waals surface area contributed by atoms with Gasteiger partial charge < -0.3 is 19.7 Å². The first-order valence-electron chi connectivity index (χ1n) is 8.34. The fourth-order valence-corrected chi connectivity index (χ4v) is 2.97. The Kier molecular flexibility index (Phi) is 5.32. The number of ether oxygens (including phenoxy) is 1. The highest BCUT2D eigenvalue weighted by Gasteiger charge is 2.30. The average Bonchev–Trinajstić information content (AvgIpc) is 3.08. The maximum absolute atomic E-state index is 13.1. The monoisotopic (exact) mass is 362 g/mol. The van der Waals surface area contributed by atoms with Gasteiger partial charge in [-0.1, -0.05) is 5.16 Å². The summed E-state index contributed by atoms with van der Waals surface area (Å²) < 4.78 is 23.6. The van der Waals surface area contributed by atoms with Crippen molar-refractivity contribution in [1.82, 2.24) is 10.5 Å². The number of halogens is 1. The van der Waals surface area contributed by atoms with Crippen molar-refractivity contribution in [3.63, 3.8) is 0 Å². The van der Waals surface area contributed by atoms with E-state index in [9.17, 15) is 19.1 Å². The molecule has 26 heavy (non-hydrogen) atoms. The third-order valence-corrected chi connectivity index (χ3v) is 4.39. The topological polar surface area (TPSA) is 102 Å². The van der Waals surface area contributed by atoms with Gasteiger partial charge in [-0.15, -0.1) is 0 Å². The summed E-state index contributed by atoms with van der Waals surface area (Å²) in [6, 6.07) is 4.61. The smallest absolute Gasteiger partial charge is 0.341 e.